The van der Waals surface area contributed by atoms with Gasteiger partial charge in [-0.2, -0.15) is 0 Å². The maximum Gasteiger partial charge on any atom is 0.140 e. The van der Waals surface area contributed by atoms with Gasteiger partial charge in [0.05, 0.1) is 0 Å². The monoisotopic (exact) mass is 379 g/mol. The number of carbonyl (C=O) groups is 1. The maximum atomic E-state index is 13.6. The largest absolute Gasteiger partial charge is 0.339 e. The number of halogens is 1. The third kappa shape index (κ3) is 3.85. The van der Waals surface area contributed by atoms with Crippen LogP contribution in [0.3, 0.4) is 0 Å². The number of nitrogens with two attached hydrogens (primary N) is 1. The van der Waals surface area contributed by atoms with E-state index in [4.69, 9.17) is 5.73 Å². The summed E-state index contributed by atoms with van der Waals surface area (Å²) in [6.07, 6.45) is 6.07. The normalized spacial score (nSPS) is 21.0. The van der Waals surface area contributed by atoms with E-state index < -0.39 is 0 Å². The number of fused-ring (bicyclic) bond motifs is 1. The van der Waals surface area contributed by atoms with E-state index in [9.17, 15) is 9.18 Å². The topological polar surface area (TPSA) is 71.8 Å². The van der Waals surface area contributed by atoms with Crippen molar-refractivity contribution in [3.63, 3.8) is 0 Å². The number of aromatic nitrogens is 2. The van der Waals surface area contributed by atoms with Crippen LogP contribution in [0.1, 0.15) is 38.2 Å². The van der Waals surface area contributed by atoms with Crippen molar-refractivity contribution < 1.29 is 9.18 Å². The smallest absolute Gasteiger partial charge is 0.140 e. The van der Waals surface area contributed by atoms with Crippen molar-refractivity contribution in [3.8, 4) is 11.3 Å². The summed E-state index contributed by atoms with van der Waals surface area (Å²) in [5.41, 5.74) is 9.29. The van der Waals surface area contributed by atoms with Gasteiger partial charge in [-0.15, -0.1) is 0 Å². The molecule has 1 saturated carbocycles. The number of carbonyl (C=O) groups excluding carboxylic acids is 1. The lowest BCUT2D eigenvalue weighted by Crippen LogP contribution is -2.32. The fraction of sp³-hybridized carbons (Fsp3) is 0.391. The van der Waals surface area contributed by atoms with E-state index in [1.165, 1.54) is 12.1 Å². The number of rotatable bonds is 5. The molecule has 5 heteroatoms. The van der Waals surface area contributed by atoms with Crippen LogP contribution in [0.15, 0.2) is 42.6 Å². The molecule has 1 unspecified atom stereocenters. The van der Waals surface area contributed by atoms with E-state index in [0.29, 0.717) is 18.1 Å². The molecule has 0 amide bonds. The number of benzene rings is 1. The number of hydrogen-bond acceptors (Lipinski definition) is 3. The van der Waals surface area contributed by atoms with E-state index in [1.807, 2.05) is 18.2 Å². The van der Waals surface area contributed by atoms with Gasteiger partial charge in [-0.3, -0.25) is 4.79 Å². The van der Waals surface area contributed by atoms with Crippen LogP contribution in [-0.4, -0.2) is 21.8 Å². The Morgan fingerprint density at radius 3 is 2.75 bits per heavy atom. The zero-order valence-electron chi connectivity index (χ0n) is 16.1. The molecule has 0 saturated heterocycles. The Labute approximate surface area is 164 Å². The standard InChI is InChI=1S/C23H26FN3O/c1-14(25)15-5-7-16(8-6-15)22(28)12-17-9-10-26-23-20(17)13-21(27-23)18-3-2-4-19(24)11-18/h2-4,9-11,13-16H,5-8,12,25H2,1H3,(H,26,27). The van der Waals surface area contributed by atoms with Gasteiger partial charge >= 0.3 is 0 Å². The number of nitrogens with one attached hydrogen (secondary N) is 1. The van der Waals surface area contributed by atoms with E-state index in [2.05, 4.69) is 16.9 Å². The molecule has 4 nitrogen and oxygen atoms in total. The summed E-state index contributed by atoms with van der Waals surface area (Å²) in [7, 11) is 0. The van der Waals surface area contributed by atoms with Gasteiger partial charge in [-0.05, 0) is 68.4 Å². The Morgan fingerprint density at radius 2 is 2.04 bits per heavy atom. The number of hydrogen-bond donors (Lipinski definition) is 2. The molecule has 1 aliphatic rings. The Morgan fingerprint density at radius 1 is 1.25 bits per heavy atom. The van der Waals surface area contributed by atoms with Crippen LogP contribution in [-0.2, 0) is 11.2 Å². The van der Waals surface area contributed by atoms with Crippen LogP contribution in [0.25, 0.3) is 22.3 Å². The minimum atomic E-state index is -0.276. The van der Waals surface area contributed by atoms with Crippen molar-refractivity contribution in [2.45, 2.75) is 45.1 Å². The van der Waals surface area contributed by atoms with Gasteiger partial charge < -0.3 is 10.7 Å². The number of Topliss-reactive ketones (excluding diaryl/α,β-unsaturated/α-hetero) is 1. The average molecular weight is 379 g/mol. The maximum absolute atomic E-state index is 13.6. The zero-order chi connectivity index (χ0) is 19.7. The molecule has 146 valence electrons. The molecule has 2 heterocycles. The molecule has 2 aromatic heterocycles. The fourth-order valence-corrected chi connectivity index (χ4v) is 4.35. The van der Waals surface area contributed by atoms with Gasteiger partial charge in [-0.1, -0.05) is 12.1 Å². The molecule has 0 aliphatic heterocycles. The second-order valence-corrected chi connectivity index (χ2v) is 8.04. The van der Waals surface area contributed by atoms with Crippen molar-refractivity contribution in [2.24, 2.45) is 17.6 Å². The summed E-state index contributed by atoms with van der Waals surface area (Å²) in [6, 6.07) is 10.5. The van der Waals surface area contributed by atoms with Gasteiger partial charge in [0.2, 0.25) is 0 Å². The lowest BCUT2D eigenvalue weighted by molar-refractivity contribution is -0.123. The Kier molecular flexibility index (Phi) is 5.27. The van der Waals surface area contributed by atoms with E-state index in [1.54, 1.807) is 12.3 Å². The first-order valence-electron chi connectivity index (χ1n) is 10.0. The predicted molar refractivity (Wildman–Crippen MR) is 109 cm³/mol. The molecule has 0 spiro atoms. The highest BCUT2D eigenvalue weighted by Gasteiger charge is 2.28. The Hall–Kier alpha value is -2.53. The van der Waals surface area contributed by atoms with E-state index >= 15 is 0 Å². The third-order valence-electron chi connectivity index (χ3n) is 6.09. The van der Waals surface area contributed by atoms with E-state index in [-0.39, 0.29) is 17.8 Å². The number of nitrogens with zero attached hydrogens (tertiary/aromatic N) is 1. The van der Waals surface area contributed by atoms with Crippen molar-refractivity contribution in [1.29, 1.82) is 0 Å². The van der Waals surface area contributed by atoms with Gasteiger partial charge in [0.15, 0.2) is 0 Å². The molecular formula is C23H26FN3O. The average Bonchev–Trinajstić information content (AvgIpc) is 3.13. The second kappa shape index (κ2) is 7.84. The van der Waals surface area contributed by atoms with Crippen molar-refractivity contribution >= 4 is 16.8 Å². The number of aromatic amines is 1. The molecule has 28 heavy (non-hydrogen) atoms. The van der Waals surface area contributed by atoms with Crippen molar-refractivity contribution in [2.75, 3.05) is 0 Å². The predicted octanol–water partition coefficient (Wildman–Crippen LogP) is 4.63. The summed E-state index contributed by atoms with van der Waals surface area (Å²) >= 11 is 0. The third-order valence-corrected chi connectivity index (χ3v) is 6.09. The van der Waals surface area contributed by atoms with Gasteiger partial charge in [0.1, 0.15) is 17.2 Å². The molecule has 3 N–H and O–H groups in total. The SMILES string of the molecule is CC(N)C1CCC(C(=O)Cc2ccnc3[nH]c(-c4cccc(F)c4)cc23)CC1. The molecule has 0 radical (unpaired) electrons. The first-order chi connectivity index (χ1) is 13.5. The number of H-pyrrole nitrogens is 1. The van der Waals surface area contributed by atoms with Crippen LogP contribution in [0.2, 0.25) is 0 Å². The van der Waals surface area contributed by atoms with E-state index in [0.717, 1.165) is 53.5 Å². The zero-order valence-corrected chi connectivity index (χ0v) is 16.1. The molecule has 1 atom stereocenters. The highest BCUT2D eigenvalue weighted by molar-refractivity contribution is 5.91. The van der Waals surface area contributed by atoms with Crippen LogP contribution in [0.4, 0.5) is 4.39 Å². The van der Waals surface area contributed by atoms with Crippen LogP contribution < -0.4 is 5.73 Å². The quantitative estimate of drug-likeness (QED) is 0.679. The molecule has 1 aromatic carbocycles. The second-order valence-electron chi connectivity index (χ2n) is 8.04. The molecule has 3 aromatic rings. The van der Waals surface area contributed by atoms with Crippen LogP contribution >= 0.6 is 0 Å². The van der Waals surface area contributed by atoms with Crippen molar-refractivity contribution in [1.82, 2.24) is 9.97 Å². The van der Waals surface area contributed by atoms with Gasteiger partial charge in [-0.25, -0.2) is 9.37 Å². The highest BCUT2D eigenvalue weighted by atomic mass is 19.1. The molecule has 0 bridgehead atoms. The number of ketones is 1. The van der Waals surface area contributed by atoms with Gasteiger partial charge in [0.25, 0.3) is 0 Å². The Bertz CT molecular complexity index is 986. The number of pyridine rings is 1. The lowest BCUT2D eigenvalue weighted by Gasteiger charge is -2.30. The Balaban J connectivity index is 1.54. The minimum absolute atomic E-state index is 0.125. The molecule has 1 aliphatic carbocycles. The highest BCUT2D eigenvalue weighted by Crippen LogP contribution is 2.32. The molecular weight excluding hydrogens is 353 g/mol. The first-order valence-corrected chi connectivity index (χ1v) is 10.0. The van der Waals surface area contributed by atoms with Crippen LogP contribution in [0.5, 0.6) is 0 Å². The summed E-state index contributed by atoms with van der Waals surface area (Å²) in [5, 5.41) is 0.930. The summed E-state index contributed by atoms with van der Waals surface area (Å²) in [6.45, 7) is 2.06. The summed E-state index contributed by atoms with van der Waals surface area (Å²) in [4.78, 5) is 20.5. The van der Waals surface area contributed by atoms with Crippen molar-refractivity contribution in [3.05, 3.63) is 54.0 Å². The summed E-state index contributed by atoms with van der Waals surface area (Å²) < 4.78 is 13.6. The van der Waals surface area contributed by atoms with Crippen LogP contribution in [0, 0.1) is 17.7 Å². The molecule has 1 fully saturated rings. The lowest BCUT2D eigenvalue weighted by atomic mass is 9.76. The first kappa shape index (κ1) is 18.8. The minimum Gasteiger partial charge on any atom is -0.339 e. The van der Waals surface area contributed by atoms with Gasteiger partial charge in [0, 0.05) is 41.2 Å². The summed E-state index contributed by atoms with van der Waals surface area (Å²) in [5.74, 6) is 0.682. The fourth-order valence-electron chi connectivity index (χ4n) is 4.35. The molecule has 4 rings (SSSR count).